The third-order valence-corrected chi connectivity index (χ3v) is 5.30. The number of hydrogen-bond acceptors (Lipinski definition) is 2. The van der Waals surface area contributed by atoms with Gasteiger partial charge in [0.1, 0.15) is 0 Å². The van der Waals surface area contributed by atoms with Gasteiger partial charge in [0.15, 0.2) is 0 Å². The van der Waals surface area contributed by atoms with Gasteiger partial charge in [0.05, 0.1) is 6.04 Å². The van der Waals surface area contributed by atoms with Crippen molar-refractivity contribution in [3.8, 4) is 0 Å². The molecule has 0 atom stereocenters. The summed E-state index contributed by atoms with van der Waals surface area (Å²) in [5, 5.41) is 12.5. The van der Waals surface area contributed by atoms with Gasteiger partial charge in [-0.05, 0) is 52.3 Å². The van der Waals surface area contributed by atoms with Crippen LogP contribution in [0.25, 0.3) is 6.08 Å². The van der Waals surface area contributed by atoms with Crippen LogP contribution in [0.1, 0.15) is 39.4 Å². The van der Waals surface area contributed by atoms with Gasteiger partial charge in [-0.3, -0.25) is 0 Å². The number of hydrogen-bond donors (Lipinski definition) is 2. The third kappa shape index (κ3) is 4.05. The van der Waals surface area contributed by atoms with E-state index in [-0.39, 0.29) is 6.04 Å². The Balaban J connectivity index is 1.57. The van der Waals surface area contributed by atoms with Gasteiger partial charge < -0.3 is 10.4 Å². The Morgan fingerprint density at radius 2 is 1.46 bits per heavy atom. The molecule has 2 N–H and O–H groups in total. The first-order chi connectivity index (χ1) is 13.7. The highest BCUT2D eigenvalue weighted by atomic mass is 16.4. The lowest BCUT2D eigenvalue weighted by atomic mass is 9.94. The van der Waals surface area contributed by atoms with Crippen LogP contribution in [0, 0.1) is 0 Å². The SMILES string of the molecule is O=C(O)/C=C/c1ccc(CNC2c3ccccc3CCc3ccccc32)cc1. The molecule has 0 saturated heterocycles. The maximum atomic E-state index is 10.6. The van der Waals surface area contributed by atoms with Crippen molar-refractivity contribution >= 4 is 12.0 Å². The van der Waals surface area contributed by atoms with E-state index < -0.39 is 5.97 Å². The number of carbonyl (C=O) groups is 1. The Hall–Kier alpha value is -3.17. The lowest BCUT2D eigenvalue weighted by Gasteiger charge is -2.22. The summed E-state index contributed by atoms with van der Waals surface area (Å²) in [5.74, 6) is -0.934. The number of carboxylic acid groups (broad SMARTS) is 1. The second-order valence-corrected chi connectivity index (χ2v) is 7.12. The van der Waals surface area contributed by atoms with Gasteiger partial charge in [0, 0.05) is 12.6 Å². The van der Waals surface area contributed by atoms with E-state index in [0.717, 1.165) is 31.0 Å². The maximum Gasteiger partial charge on any atom is 0.328 e. The number of carboxylic acids is 1. The van der Waals surface area contributed by atoms with E-state index in [0.29, 0.717) is 0 Å². The summed E-state index contributed by atoms with van der Waals surface area (Å²) in [4.78, 5) is 10.6. The summed E-state index contributed by atoms with van der Waals surface area (Å²) >= 11 is 0. The van der Waals surface area contributed by atoms with Crippen LogP contribution in [0.5, 0.6) is 0 Å². The largest absolute Gasteiger partial charge is 0.478 e. The van der Waals surface area contributed by atoms with Crippen LogP contribution in [0.15, 0.2) is 78.9 Å². The minimum Gasteiger partial charge on any atom is -0.478 e. The van der Waals surface area contributed by atoms with E-state index in [2.05, 4.69) is 53.8 Å². The molecule has 28 heavy (non-hydrogen) atoms. The molecule has 0 fully saturated rings. The molecule has 3 heteroatoms. The Labute approximate surface area is 165 Å². The molecule has 1 aliphatic rings. The van der Waals surface area contributed by atoms with Crippen LogP contribution in [0.3, 0.4) is 0 Å². The van der Waals surface area contributed by atoms with Gasteiger partial charge in [-0.2, -0.15) is 0 Å². The predicted octanol–water partition coefficient (Wildman–Crippen LogP) is 4.76. The van der Waals surface area contributed by atoms with Gasteiger partial charge in [-0.1, -0.05) is 72.8 Å². The van der Waals surface area contributed by atoms with Crippen LogP contribution in [0.4, 0.5) is 0 Å². The molecule has 0 radical (unpaired) electrons. The first kappa shape index (κ1) is 18.2. The Kier molecular flexibility index (Phi) is 5.36. The minimum atomic E-state index is -0.934. The fraction of sp³-hybridized carbons (Fsp3) is 0.160. The summed E-state index contributed by atoms with van der Waals surface area (Å²) in [7, 11) is 0. The number of aliphatic carboxylic acids is 1. The van der Waals surface area contributed by atoms with E-state index in [4.69, 9.17) is 5.11 Å². The van der Waals surface area contributed by atoms with Crippen molar-refractivity contribution in [2.45, 2.75) is 25.4 Å². The fourth-order valence-electron chi connectivity index (χ4n) is 3.88. The van der Waals surface area contributed by atoms with Gasteiger partial charge in [-0.25, -0.2) is 4.79 Å². The highest BCUT2D eigenvalue weighted by molar-refractivity contribution is 5.85. The molecule has 0 aliphatic heterocycles. The summed E-state index contributed by atoms with van der Waals surface area (Å²) in [5.41, 5.74) is 7.58. The van der Waals surface area contributed by atoms with Crippen LogP contribution in [-0.4, -0.2) is 11.1 Å². The molecule has 0 saturated carbocycles. The van der Waals surface area contributed by atoms with E-state index in [9.17, 15) is 4.79 Å². The van der Waals surface area contributed by atoms with E-state index in [1.807, 2.05) is 24.3 Å². The first-order valence-electron chi connectivity index (χ1n) is 9.59. The molecule has 3 aromatic rings. The average molecular weight is 369 g/mol. The van der Waals surface area contributed by atoms with Crippen molar-refractivity contribution in [1.82, 2.24) is 5.32 Å². The average Bonchev–Trinajstić information content (AvgIpc) is 2.88. The molecule has 0 bridgehead atoms. The van der Waals surface area contributed by atoms with Crippen molar-refractivity contribution < 1.29 is 9.90 Å². The van der Waals surface area contributed by atoms with E-state index >= 15 is 0 Å². The van der Waals surface area contributed by atoms with Crippen molar-refractivity contribution in [3.63, 3.8) is 0 Å². The highest BCUT2D eigenvalue weighted by Gasteiger charge is 2.22. The van der Waals surface area contributed by atoms with Gasteiger partial charge in [-0.15, -0.1) is 0 Å². The second kappa shape index (κ2) is 8.24. The first-order valence-corrected chi connectivity index (χ1v) is 9.59. The van der Waals surface area contributed by atoms with Gasteiger partial charge in [0.25, 0.3) is 0 Å². The molecule has 3 nitrogen and oxygen atoms in total. The summed E-state index contributed by atoms with van der Waals surface area (Å²) in [6.07, 6.45) is 4.90. The topological polar surface area (TPSA) is 49.3 Å². The summed E-state index contributed by atoms with van der Waals surface area (Å²) in [6.45, 7) is 0.746. The van der Waals surface area contributed by atoms with Crippen molar-refractivity contribution in [1.29, 1.82) is 0 Å². The monoisotopic (exact) mass is 369 g/mol. The Morgan fingerprint density at radius 3 is 2.04 bits per heavy atom. The normalized spacial score (nSPS) is 13.7. The summed E-state index contributed by atoms with van der Waals surface area (Å²) in [6, 6.07) is 25.6. The van der Waals surface area contributed by atoms with Crippen LogP contribution >= 0.6 is 0 Å². The number of fused-ring (bicyclic) bond motifs is 2. The predicted molar refractivity (Wildman–Crippen MR) is 112 cm³/mol. The van der Waals surface area contributed by atoms with Crippen molar-refractivity contribution in [2.75, 3.05) is 0 Å². The smallest absolute Gasteiger partial charge is 0.328 e. The summed E-state index contributed by atoms with van der Waals surface area (Å²) < 4.78 is 0. The van der Waals surface area contributed by atoms with E-state index in [1.54, 1.807) is 6.08 Å². The van der Waals surface area contributed by atoms with Crippen LogP contribution in [0.2, 0.25) is 0 Å². The lowest BCUT2D eigenvalue weighted by molar-refractivity contribution is -0.131. The zero-order valence-corrected chi connectivity index (χ0v) is 15.6. The van der Waals surface area contributed by atoms with Gasteiger partial charge in [0.2, 0.25) is 0 Å². The Bertz CT molecular complexity index is 958. The van der Waals surface area contributed by atoms with Crippen LogP contribution in [-0.2, 0) is 24.2 Å². The Morgan fingerprint density at radius 1 is 0.893 bits per heavy atom. The van der Waals surface area contributed by atoms with Crippen molar-refractivity contribution in [3.05, 3.63) is 112 Å². The van der Waals surface area contributed by atoms with Crippen LogP contribution < -0.4 is 5.32 Å². The molecule has 3 aromatic carbocycles. The molecule has 0 aromatic heterocycles. The molecular weight excluding hydrogens is 346 g/mol. The molecule has 140 valence electrons. The fourth-order valence-corrected chi connectivity index (χ4v) is 3.88. The van der Waals surface area contributed by atoms with Gasteiger partial charge >= 0.3 is 5.97 Å². The third-order valence-electron chi connectivity index (χ3n) is 5.30. The molecule has 0 amide bonds. The zero-order valence-electron chi connectivity index (χ0n) is 15.6. The molecule has 4 rings (SSSR count). The van der Waals surface area contributed by atoms with Crippen molar-refractivity contribution in [2.24, 2.45) is 0 Å². The number of nitrogens with one attached hydrogen (secondary N) is 1. The molecule has 0 unspecified atom stereocenters. The zero-order chi connectivity index (χ0) is 19.3. The molecule has 0 spiro atoms. The molecule has 1 aliphatic carbocycles. The maximum absolute atomic E-state index is 10.6. The second-order valence-electron chi connectivity index (χ2n) is 7.12. The quantitative estimate of drug-likeness (QED) is 0.638. The number of rotatable bonds is 5. The molecule has 0 heterocycles. The number of aryl methyl sites for hydroxylation is 2. The molecular formula is C25H23NO2. The standard InChI is InChI=1S/C25H23NO2/c27-24(28)16-13-18-9-11-19(12-10-18)17-26-25-22-7-3-1-5-20(22)14-15-21-6-2-4-8-23(21)25/h1-13,16,25-26H,14-15,17H2,(H,27,28)/b16-13+. The minimum absolute atomic E-state index is 0.168. The lowest BCUT2D eigenvalue weighted by Crippen LogP contribution is -2.23. The van der Waals surface area contributed by atoms with E-state index in [1.165, 1.54) is 27.8 Å². The highest BCUT2D eigenvalue weighted by Crippen LogP contribution is 2.32. The number of benzene rings is 3.